The topological polar surface area (TPSA) is 101 Å². The zero-order valence-corrected chi connectivity index (χ0v) is 14.4. The average Bonchev–Trinajstić information content (AvgIpc) is 2.96. The second kappa shape index (κ2) is 6.26. The molecule has 0 spiro atoms. The third-order valence-corrected chi connectivity index (χ3v) is 6.57. The molecule has 0 aliphatic heterocycles. The maximum absolute atomic E-state index is 12.2. The van der Waals surface area contributed by atoms with E-state index in [1.54, 1.807) is 11.3 Å². The Hall–Kier alpha value is -1.23. The molecule has 2 aromatic rings. The van der Waals surface area contributed by atoms with Gasteiger partial charge in [0.2, 0.25) is 10.0 Å². The van der Waals surface area contributed by atoms with Crippen molar-refractivity contribution in [2.75, 3.05) is 31.7 Å². The lowest BCUT2D eigenvalue weighted by Crippen LogP contribution is -2.23. The third kappa shape index (κ3) is 3.51. The summed E-state index contributed by atoms with van der Waals surface area (Å²) in [5.74, 6) is 0.0290. The first-order valence-corrected chi connectivity index (χ1v) is 9.24. The van der Waals surface area contributed by atoms with Gasteiger partial charge in [-0.3, -0.25) is 0 Å². The molecule has 2 aromatic heterocycles. The fraction of sp³-hybridized carbons (Fsp3) is 0.455. The Balaban J connectivity index is 2.11. The molecule has 2 rings (SSSR count). The molecule has 0 unspecified atom stereocenters. The van der Waals surface area contributed by atoms with Gasteiger partial charge in [0.05, 0.1) is 5.01 Å². The van der Waals surface area contributed by atoms with E-state index in [-0.39, 0.29) is 10.7 Å². The van der Waals surface area contributed by atoms with Crippen LogP contribution in [-0.4, -0.2) is 42.7 Å². The molecule has 0 amide bonds. The van der Waals surface area contributed by atoms with Crippen LogP contribution in [0.3, 0.4) is 0 Å². The van der Waals surface area contributed by atoms with E-state index in [4.69, 9.17) is 5.73 Å². The van der Waals surface area contributed by atoms with Crippen LogP contribution in [0.1, 0.15) is 10.7 Å². The van der Waals surface area contributed by atoms with E-state index in [0.717, 1.165) is 33.0 Å². The number of thiazole rings is 1. The van der Waals surface area contributed by atoms with Crippen molar-refractivity contribution in [2.24, 2.45) is 0 Å². The van der Waals surface area contributed by atoms with Crippen molar-refractivity contribution in [3.05, 3.63) is 16.1 Å². The highest BCUT2D eigenvalue weighted by molar-refractivity contribution is 7.89. The second-order valence-corrected chi connectivity index (χ2v) is 8.38. The average molecular weight is 347 g/mol. The van der Waals surface area contributed by atoms with Crippen molar-refractivity contribution in [1.82, 2.24) is 13.7 Å². The number of nitrogens with zero attached hydrogens (tertiary/aromatic N) is 3. The normalized spacial score (nSPS) is 12.0. The molecular weight excluding hydrogens is 330 g/mol. The molecule has 116 valence electrons. The van der Waals surface area contributed by atoms with Crippen molar-refractivity contribution in [3.63, 3.8) is 0 Å². The van der Waals surface area contributed by atoms with Crippen LogP contribution >= 0.6 is 22.9 Å². The number of hydrogen-bond donors (Lipinski definition) is 2. The van der Waals surface area contributed by atoms with Crippen LogP contribution in [0, 0.1) is 6.92 Å². The second-order valence-electron chi connectivity index (χ2n) is 4.57. The Morgan fingerprint density at radius 3 is 2.71 bits per heavy atom. The van der Waals surface area contributed by atoms with Gasteiger partial charge in [0.1, 0.15) is 5.00 Å². The molecular formula is C11H17N5O2S3. The largest absolute Gasteiger partial charge is 0.382 e. The summed E-state index contributed by atoms with van der Waals surface area (Å²) in [5, 5.41) is 6.55. The highest BCUT2D eigenvalue weighted by Crippen LogP contribution is 2.32. The molecule has 21 heavy (non-hydrogen) atoms. The SMILES string of the molecule is Cc1csc(CCNc2snc(N)c2S(=O)(=O)N(C)C)n1. The van der Waals surface area contributed by atoms with Gasteiger partial charge >= 0.3 is 0 Å². The first-order valence-electron chi connectivity index (χ1n) is 6.15. The van der Waals surface area contributed by atoms with Crippen LogP contribution in [0.2, 0.25) is 0 Å². The Labute approximate surface area is 132 Å². The van der Waals surface area contributed by atoms with Crippen LogP contribution in [-0.2, 0) is 16.4 Å². The van der Waals surface area contributed by atoms with Crippen molar-refractivity contribution in [1.29, 1.82) is 0 Å². The summed E-state index contributed by atoms with van der Waals surface area (Å²) in [6, 6.07) is 0. The first kappa shape index (κ1) is 16.1. The van der Waals surface area contributed by atoms with Gasteiger partial charge in [0, 0.05) is 38.1 Å². The van der Waals surface area contributed by atoms with Gasteiger partial charge in [-0.05, 0) is 18.5 Å². The van der Waals surface area contributed by atoms with Crippen LogP contribution in [0.5, 0.6) is 0 Å². The molecule has 0 aromatic carbocycles. The first-order chi connectivity index (χ1) is 9.82. The van der Waals surface area contributed by atoms with E-state index in [1.165, 1.54) is 14.1 Å². The molecule has 0 fully saturated rings. The van der Waals surface area contributed by atoms with Crippen molar-refractivity contribution < 1.29 is 8.42 Å². The molecule has 0 aliphatic rings. The lowest BCUT2D eigenvalue weighted by molar-refractivity contribution is 0.521. The Morgan fingerprint density at radius 1 is 1.43 bits per heavy atom. The van der Waals surface area contributed by atoms with Gasteiger partial charge in [0.15, 0.2) is 10.7 Å². The number of anilines is 2. The molecule has 3 N–H and O–H groups in total. The van der Waals surface area contributed by atoms with Gasteiger partial charge in [-0.25, -0.2) is 17.7 Å². The number of hydrogen-bond acceptors (Lipinski definition) is 8. The minimum absolute atomic E-state index is 0.0290. The summed E-state index contributed by atoms with van der Waals surface area (Å²) in [6.45, 7) is 2.52. The summed E-state index contributed by atoms with van der Waals surface area (Å²) < 4.78 is 29.5. The smallest absolute Gasteiger partial charge is 0.249 e. The van der Waals surface area contributed by atoms with Gasteiger partial charge in [-0.15, -0.1) is 11.3 Å². The van der Waals surface area contributed by atoms with Crippen LogP contribution < -0.4 is 11.1 Å². The fourth-order valence-electron chi connectivity index (χ4n) is 1.64. The molecule has 0 radical (unpaired) electrons. The molecule has 0 atom stereocenters. The van der Waals surface area contributed by atoms with Crippen LogP contribution in [0.4, 0.5) is 10.8 Å². The fourth-order valence-corrected chi connectivity index (χ4v) is 4.52. The van der Waals surface area contributed by atoms with E-state index in [2.05, 4.69) is 14.7 Å². The summed E-state index contributed by atoms with van der Waals surface area (Å²) >= 11 is 2.64. The maximum atomic E-state index is 12.2. The molecule has 2 heterocycles. The standard InChI is InChI=1S/C11H17N5O2S3/c1-7-6-19-8(14-7)4-5-13-11-9(10(12)15-20-11)21(17,18)16(2)3/h6,13H,4-5H2,1-3H3,(H2,12,15). The molecule has 10 heteroatoms. The predicted molar refractivity (Wildman–Crippen MR) is 86.4 cm³/mol. The summed E-state index contributed by atoms with van der Waals surface area (Å²) in [5.41, 5.74) is 6.69. The highest BCUT2D eigenvalue weighted by Gasteiger charge is 2.27. The number of nitrogens with two attached hydrogens (primary N) is 1. The quantitative estimate of drug-likeness (QED) is 0.819. The number of nitrogen functional groups attached to an aromatic ring is 1. The van der Waals surface area contributed by atoms with Gasteiger partial charge in [-0.2, -0.15) is 4.37 Å². The zero-order valence-electron chi connectivity index (χ0n) is 12.0. The van der Waals surface area contributed by atoms with E-state index in [1.807, 2.05) is 12.3 Å². The van der Waals surface area contributed by atoms with Gasteiger partial charge in [0.25, 0.3) is 0 Å². The number of sulfonamides is 1. The lowest BCUT2D eigenvalue weighted by Gasteiger charge is -2.12. The van der Waals surface area contributed by atoms with Crippen molar-refractivity contribution in [3.8, 4) is 0 Å². The van der Waals surface area contributed by atoms with Crippen molar-refractivity contribution in [2.45, 2.75) is 18.2 Å². The van der Waals surface area contributed by atoms with Gasteiger partial charge in [-0.1, -0.05) is 0 Å². The van der Waals surface area contributed by atoms with Crippen molar-refractivity contribution >= 4 is 43.7 Å². The molecule has 0 saturated carbocycles. The van der Waals surface area contributed by atoms with E-state index in [0.29, 0.717) is 11.5 Å². The van der Waals surface area contributed by atoms with Crippen LogP contribution in [0.15, 0.2) is 10.3 Å². The van der Waals surface area contributed by atoms with E-state index in [9.17, 15) is 8.42 Å². The minimum Gasteiger partial charge on any atom is -0.382 e. The number of aryl methyl sites for hydroxylation is 1. The molecule has 0 bridgehead atoms. The Kier molecular flexibility index (Phi) is 4.81. The summed E-state index contributed by atoms with van der Waals surface area (Å²) in [4.78, 5) is 4.41. The molecule has 0 saturated heterocycles. The lowest BCUT2D eigenvalue weighted by atomic mass is 10.4. The van der Waals surface area contributed by atoms with E-state index < -0.39 is 10.0 Å². The maximum Gasteiger partial charge on any atom is 0.249 e. The molecule has 7 nitrogen and oxygen atoms in total. The summed E-state index contributed by atoms with van der Waals surface area (Å²) in [7, 11) is -0.671. The Morgan fingerprint density at radius 2 is 2.14 bits per heavy atom. The number of aromatic nitrogens is 2. The highest BCUT2D eigenvalue weighted by atomic mass is 32.2. The number of nitrogens with one attached hydrogen (secondary N) is 1. The minimum atomic E-state index is -3.61. The zero-order chi connectivity index (χ0) is 15.6. The molecule has 0 aliphatic carbocycles. The van der Waals surface area contributed by atoms with Crippen LogP contribution in [0.25, 0.3) is 0 Å². The summed E-state index contributed by atoms with van der Waals surface area (Å²) in [6.07, 6.45) is 0.720. The third-order valence-electron chi connectivity index (χ3n) is 2.70. The van der Waals surface area contributed by atoms with E-state index >= 15 is 0 Å². The van der Waals surface area contributed by atoms with Gasteiger partial charge < -0.3 is 11.1 Å². The Bertz CT molecular complexity index is 720. The number of rotatable bonds is 6. The monoisotopic (exact) mass is 347 g/mol. The predicted octanol–water partition coefficient (Wildman–Crippen LogP) is 1.40.